The molecule has 18 heavy (non-hydrogen) atoms. The van der Waals surface area contributed by atoms with Crippen molar-refractivity contribution in [1.29, 1.82) is 0 Å². The van der Waals surface area contributed by atoms with Crippen molar-refractivity contribution in [3.63, 3.8) is 0 Å². The molecule has 1 aliphatic heterocycles. The van der Waals surface area contributed by atoms with Gasteiger partial charge < -0.3 is 9.64 Å². The van der Waals surface area contributed by atoms with Crippen LogP contribution in [0, 0.1) is 0 Å². The van der Waals surface area contributed by atoms with Crippen molar-refractivity contribution in [2.24, 2.45) is 0 Å². The number of rotatable bonds is 2. The summed E-state index contributed by atoms with van der Waals surface area (Å²) in [5.74, 6) is 0.0595. The van der Waals surface area contributed by atoms with E-state index in [1.807, 2.05) is 36.1 Å². The second-order valence-electron chi connectivity index (χ2n) is 4.40. The molecule has 2 rings (SSSR count). The van der Waals surface area contributed by atoms with Gasteiger partial charge in [-0.25, -0.2) is 0 Å². The number of morpholine rings is 1. The summed E-state index contributed by atoms with van der Waals surface area (Å²) in [6.45, 7) is 3.23. The van der Waals surface area contributed by atoms with E-state index in [4.69, 9.17) is 4.74 Å². The van der Waals surface area contributed by atoms with Crippen LogP contribution in [0.3, 0.4) is 0 Å². The first-order valence-electron chi connectivity index (χ1n) is 5.86. The normalized spacial score (nSPS) is 24.1. The fourth-order valence-corrected chi connectivity index (χ4v) is 2.83. The maximum Gasteiger partial charge on any atom is 0.255 e. The molecule has 1 aromatic carbocycles. The fraction of sp³-hybridized carbons (Fsp3) is 0.462. The van der Waals surface area contributed by atoms with Crippen LogP contribution in [0.1, 0.15) is 17.3 Å². The van der Waals surface area contributed by atoms with E-state index in [-0.39, 0.29) is 18.1 Å². The lowest BCUT2D eigenvalue weighted by atomic mass is 10.1. The highest BCUT2D eigenvalue weighted by atomic mass is 79.9. The van der Waals surface area contributed by atoms with Crippen LogP contribution in [0.15, 0.2) is 28.7 Å². The van der Waals surface area contributed by atoms with E-state index in [2.05, 4.69) is 31.9 Å². The minimum absolute atomic E-state index is 0.0595. The molecule has 98 valence electrons. The van der Waals surface area contributed by atoms with Crippen molar-refractivity contribution in [1.82, 2.24) is 4.90 Å². The summed E-state index contributed by atoms with van der Waals surface area (Å²) in [5, 5.41) is 0.749. The quantitative estimate of drug-likeness (QED) is 0.742. The first kappa shape index (κ1) is 14.0. The van der Waals surface area contributed by atoms with Gasteiger partial charge in [-0.3, -0.25) is 4.79 Å². The molecular formula is C13H15Br2NO2. The monoisotopic (exact) mass is 375 g/mol. The van der Waals surface area contributed by atoms with Crippen molar-refractivity contribution in [2.45, 2.75) is 19.1 Å². The molecule has 1 aromatic rings. The number of carbonyl (C=O) groups excluding carboxylic acids is 1. The SMILES string of the molecule is CC1COC(CBr)CN1C(=O)c1ccccc1Br. The number of hydrogen-bond donors (Lipinski definition) is 0. The Morgan fingerprint density at radius 3 is 2.89 bits per heavy atom. The smallest absolute Gasteiger partial charge is 0.255 e. The Balaban J connectivity index is 2.19. The standard InChI is InChI=1S/C13H15Br2NO2/c1-9-8-18-10(6-14)7-16(9)13(17)11-4-2-3-5-12(11)15/h2-5,9-10H,6-8H2,1H3. The molecule has 0 bridgehead atoms. The lowest BCUT2D eigenvalue weighted by molar-refractivity contribution is -0.0361. The summed E-state index contributed by atoms with van der Waals surface area (Å²) in [4.78, 5) is 14.4. The Hall–Kier alpha value is -0.390. The zero-order valence-corrected chi connectivity index (χ0v) is 13.3. The van der Waals surface area contributed by atoms with Gasteiger partial charge in [0.2, 0.25) is 0 Å². The minimum atomic E-state index is 0.0595. The molecule has 2 unspecified atom stereocenters. The molecule has 1 amide bonds. The molecule has 0 saturated carbocycles. The van der Waals surface area contributed by atoms with E-state index in [1.54, 1.807) is 0 Å². The molecule has 1 saturated heterocycles. The maximum absolute atomic E-state index is 12.5. The van der Waals surface area contributed by atoms with Crippen molar-refractivity contribution in [3.05, 3.63) is 34.3 Å². The van der Waals surface area contributed by atoms with Crippen LogP contribution in [0.2, 0.25) is 0 Å². The highest BCUT2D eigenvalue weighted by Crippen LogP contribution is 2.21. The third-order valence-electron chi connectivity index (χ3n) is 3.04. The summed E-state index contributed by atoms with van der Waals surface area (Å²) < 4.78 is 6.47. The summed E-state index contributed by atoms with van der Waals surface area (Å²) in [6.07, 6.45) is 0.0765. The molecule has 0 radical (unpaired) electrons. The summed E-state index contributed by atoms with van der Waals surface area (Å²) in [7, 11) is 0. The Morgan fingerprint density at radius 2 is 2.22 bits per heavy atom. The number of halogens is 2. The van der Waals surface area contributed by atoms with Gasteiger partial charge in [0.15, 0.2) is 0 Å². The second-order valence-corrected chi connectivity index (χ2v) is 5.90. The number of alkyl halides is 1. The van der Waals surface area contributed by atoms with Crippen LogP contribution in [-0.4, -0.2) is 41.4 Å². The number of ether oxygens (including phenoxy) is 1. The third-order valence-corrected chi connectivity index (χ3v) is 4.46. The first-order chi connectivity index (χ1) is 8.63. The number of nitrogens with zero attached hydrogens (tertiary/aromatic N) is 1. The predicted octanol–water partition coefficient (Wildman–Crippen LogP) is 3.07. The van der Waals surface area contributed by atoms with E-state index < -0.39 is 0 Å². The van der Waals surface area contributed by atoms with Crippen molar-refractivity contribution in [3.8, 4) is 0 Å². The van der Waals surface area contributed by atoms with Gasteiger partial charge in [0.1, 0.15) is 0 Å². The van der Waals surface area contributed by atoms with Gasteiger partial charge in [0.05, 0.1) is 24.3 Å². The number of amides is 1. The molecule has 2 atom stereocenters. The lowest BCUT2D eigenvalue weighted by Crippen LogP contribution is -2.51. The van der Waals surface area contributed by atoms with Crippen LogP contribution >= 0.6 is 31.9 Å². The van der Waals surface area contributed by atoms with Gasteiger partial charge in [-0.2, -0.15) is 0 Å². The van der Waals surface area contributed by atoms with Crippen LogP contribution in [0.25, 0.3) is 0 Å². The molecule has 3 nitrogen and oxygen atoms in total. The second kappa shape index (κ2) is 6.17. The Labute approximate surface area is 124 Å². The minimum Gasteiger partial charge on any atom is -0.373 e. The maximum atomic E-state index is 12.5. The van der Waals surface area contributed by atoms with Crippen LogP contribution in [-0.2, 0) is 4.74 Å². The van der Waals surface area contributed by atoms with Gasteiger partial charge in [0, 0.05) is 16.3 Å². The zero-order chi connectivity index (χ0) is 13.1. The molecular weight excluding hydrogens is 362 g/mol. The van der Waals surface area contributed by atoms with Gasteiger partial charge in [0.25, 0.3) is 5.91 Å². The predicted molar refractivity (Wildman–Crippen MR) is 78.2 cm³/mol. The molecule has 1 aliphatic rings. The highest BCUT2D eigenvalue weighted by Gasteiger charge is 2.30. The largest absolute Gasteiger partial charge is 0.373 e. The van der Waals surface area contributed by atoms with E-state index in [0.717, 1.165) is 9.80 Å². The van der Waals surface area contributed by atoms with Gasteiger partial charge in [-0.15, -0.1) is 0 Å². The first-order valence-corrected chi connectivity index (χ1v) is 7.78. The summed E-state index contributed by atoms with van der Waals surface area (Å²) in [6, 6.07) is 7.63. The van der Waals surface area contributed by atoms with Gasteiger partial charge >= 0.3 is 0 Å². The van der Waals surface area contributed by atoms with Crippen LogP contribution < -0.4 is 0 Å². The molecule has 0 N–H and O–H groups in total. The van der Waals surface area contributed by atoms with E-state index in [9.17, 15) is 4.79 Å². The topological polar surface area (TPSA) is 29.5 Å². The third kappa shape index (κ3) is 2.95. The summed E-state index contributed by atoms with van der Waals surface area (Å²) in [5.41, 5.74) is 0.708. The zero-order valence-electron chi connectivity index (χ0n) is 10.1. The van der Waals surface area contributed by atoms with E-state index in [1.165, 1.54) is 0 Å². The average molecular weight is 377 g/mol. The Morgan fingerprint density at radius 1 is 1.50 bits per heavy atom. The number of hydrogen-bond acceptors (Lipinski definition) is 2. The molecule has 1 heterocycles. The molecule has 5 heteroatoms. The van der Waals surface area contributed by atoms with E-state index >= 15 is 0 Å². The van der Waals surface area contributed by atoms with Crippen molar-refractivity contribution >= 4 is 37.8 Å². The Bertz CT molecular complexity index is 439. The Kier molecular flexibility index (Phi) is 4.81. The average Bonchev–Trinajstić information content (AvgIpc) is 2.39. The molecule has 0 aromatic heterocycles. The highest BCUT2D eigenvalue weighted by molar-refractivity contribution is 9.10. The lowest BCUT2D eigenvalue weighted by Gasteiger charge is -2.37. The number of carbonyl (C=O) groups is 1. The number of benzene rings is 1. The molecule has 0 spiro atoms. The van der Waals surface area contributed by atoms with E-state index in [0.29, 0.717) is 18.7 Å². The van der Waals surface area contributed by atoms with Gasteiger partial charge in [-0.05, 0) is 35.0 Å². The van der Waals surface area contributed by atoms with Crippen LogP contribution in [0.4, 0.5) is 0 Å². The van der Waals surface area contributed by atoms with Crippen LogP contribution in [0.5, 0.6) is 0 Å². The molecule has 1 fully saturated rings. The summed E-state index contributed by atoms with van der Waals surface area (Å²) >= 11 is 6.83. The van der Waals surface area contributed by atoms with Gasteiger partial charge in [-0.1, -0.05) is 28.1 Å². The molecule has 0 aliphatic carbocycles. The van der Waals surface area contributed by atoms with Crippen molar-refractivity contribution < 1.29 is 9.53 Å². The van der Waals surface area contributed by atoms with Crippen molar-refractivity contribution in [2.75, 3.05) is 18.5 Å². The fourth-order valence-electron chi connectivity index (χ4n) is 1.98.